The molecule has 2 heteroatoms. The van der Waals surface area contributed by atoms with Crippen LogP contribution in [0.2, 0.25) is 0 Å². The molecule has 0 atom stereocenters. The predicted octanol–water partition coefficient (Wildman–Crippen LogP) is 3.15. The van der Waals surface area contributed by atoms with Crippen molar-refractivity contribution in [1.82, 2.24) is 4.98 Å². The van der Waals surface area contributed by atoms with Crippen molar-refractivity contribution >= 4 is 16.7 Å². The Morgan fingerprint density at radius 2 is 2.18 bits per heavy atom. The Morgan fingerprint density at radius 1 is 1.29 bits per heavy atom. The van der Waals surface area contributed by atoms with Crippen molar-refractivity contribution in [2.75, 3.05) is 0 Å². The van der Waals surface area contributed by atoms with E-state index in [1.54, 1.807) is 0 Å². The van der Waals surface area contributed by atoms with E-state index in [0.717, 1.165) is 30.2 Å². The third kappa shape index (κ3) is 2.36. The molecule has 0 bridgehead atoms. The van der Waals surface area contributed by atoms with Gasteiger partial charge in [-0.05, 0) is 37.0 Å². The number of benzene rings is 1. The zero-order valence-corrected chi connectivity index (χ0v) is 9.73. The molecule has 3 rings (SSSR count). The highest BCUT2D eigenvalue weighted by atomic mass is 16.1. The van der Waals surface area contributed by atoms with Gasteiger partial charge >= 0.3 is 0 Å². The molecule has 0 radical (unpaired) electrons. The number of hydrogen-bond acceptors (Lipinski definition) is 2. The number of hydrogen-bond donors (Lipinski definition) is 0. The Hall–Kier alpha value is -1.70. The van der Waals surface area contributed by atoms with Gasteiger partial charge in [-0.3, -0.25) is 9.78 Å². The maximum absolute atomic E-state index is 11.6. The van der Waals surface area contributed by atoms with E-state index in [-0.39, 0.29) is 0 Å². The number of rotatable bonds is 4. The monoisotopic (exact) mass is 225 g/mol. The molecule has 17 heavy (non-hydrogen) atoms. The Balaban J connectivity index is 1.74. The lowest BCUT2D eigenvalue weighted by Gasteiger charge is -2.02. The minimum atomic E-state index is 0.383. The molecule has 0 aliphatic heterocycles. The molecule has 0 amide bonds. The van der Waals surface area contributed by atoms with Crippen LogP contribution in [0.1, 0.15) is 24.8 Å². The average molecular weight is 225 g/mol. The molecule has 0 unspecified atom stereocenters. The standard InChI is InChI=1S/C15H15NO/c17-15(13-6-7-13)8-4-11-3-5-12-2-1-9-16-14(12)10-11/h1-3,5,9-10,13H,4,6-8H2. The SMILES string of the molecule is O=C(CCc1ccc2cccnc2c1)C1CC1. The summed E-state index contributed by atoms with van der Waals surface area (Å²) in [6.45, 7) is 0. The van der Waals surface area contributed by atoms with Crippen LogP contribution in [0.15, 0.2) is 36.5 Å². The summed E-state index contributed by atoms with van der Waals surface area (Å²) >= 11 is 0. The van der Waals surface area contributed by atoms with Crippen molar-refractivity contribution in [3.63, 3.8) is 0 Å². The molecular weight excluding hydrogens is 210 g/mol. The van der Waals surface area contributed by atoms with Crippen molar-refractivity contribution in [2.45, 2.75) is 25.7 Å². The fourth-order valence-electron chi connectivity index (χ4n) is 2.14. The van der Waals surface area contributed by atoms with Crippen LogP contribution < -0.4 is 0 Å². The van der Waals surface area contributed by atoms with Gasteiger partial charge in [0.25, 0.3) is 0 Å². The van der Waals surface area contributed by atoms with Crippen molar-refractivity contribution in [3.05, 3.63) is 42.1 Å². The zero-order valence-electron chi connectivity index (χ0n) is 9.73. The highest BCUT2D eigenvalue weighted by molar-refractivity contribution is 5.83. The molecule has 1 aromatic heterocycles. The Bertz CT molecular complexity index is 558. The third-order valence-electron chi connectivity index (χ3n) is 3.36. The summed E-state index contributed by atoms with van der Waals surface area (Å²) in [5.41, 5.74) is 2.23. The Labute approximate surface area is 101 Å². The molecule has 1 aliphatic carbocycles. The first-order valence-electron chi connectivity index (χ1n) is 6.19. The van der Waals surface area contributed by atoms with Crippen LogP contribution in [0.25, 0.3) is 10.9 Å². The second-order valence-corrected chi connectivity index (χ2v) is 4.77. The van der Waals surface area contributed by atoms with Gasteiger partial charge in [0.05, 0.1) is 5.52 Å². The molecule has 1 aromatic carbocycles. The van der Waals surface area contributed by atoms with Crippen LogP contribution in [-0.2, 0) is 11.2 Å². The zero-order chi connectivity index (χ0) is 11.7. The summed E-state index contributed by atoms with van der Waals surface area (Å²) in [5, 5.41) is 1.16. The second kappa shape index (κ2) is 4.28. The average Bonchev–Trinajstić information content (AvgIpc) is 3.20. The van der Waals surface area contributed by atoms with Crippen molar-refractivity contribution in [1.29, 1.82) is 0 Å². The van der Waals surface area contributed by atoms with Crippen LogP contribution in [0.3, 0.4) is 0 Å². The highest BCUT2D eigenvalue weighted by Crippen LogP contribution is 2.31. The first-order chi connectivity index (χ1) is 8.33. The number of nitrogens with zero attached hydrogens (tertiary/aromatic N) is 1. The summed E-state index contributed by atoms with van der Waals surface area (Å²) in [5.74, 6) is 0.819. The number of ketones is 1. The Kier molecular flexibility index (Phi) is 2.63. The normalized spacial score (nSPS) is 15.1. The summed E-state index contributed by atoms with van der Waals surface area (Å²) in [6.07, 6.45) is 5.56. The van der Waals surface area contributed by atoms with Gasteiger partial charge in [0.2, 0.25) is 0 Å². The first kappa shape index (κ1) is 10.5. The summed E-state index contributed by atoms with van der Waals surface area (Å²) in [6, 6.07) is 10.3. The first-order valence-corrected chi connectivity index (χ1v) is 6.19. The van der Waals surface area contributed by atoms with Crippen molar-refractivity contribution < 1.29 is 4.79 Å². The lowest BCUT2D eigenvalue weighted by molar-refractivity contribution is -0.120. The van der Waals surface area contributed by atoms with E-state index in [1.165, 1.54) is 5.56 Å². The van der Waals surface area contributed by atoms with Crippen molar-refractivity contribution in [2.24, 2.45) is 5.92 Å². The van der Waals surface area contributed by atoms with E-state index in [0.29, 0.717) is 18.1 Å². The quantitative estimate of drug-likeness (QED) is 0.800. The minimum Gasteiger partial charge on any atom is -0.299 e. The number of carbonyl (C=O) groups is 1. The summed E-state index contributed by atoms with van der Waals surface area (Å²) < 4.78 is 0. The Morgan fingerprint density at radius 3 is 3.00 bits per heavy atom. The number of fused-ring (bicyclic) bond motifs is 1. The summed E-state index contributed by atoms with van der Waals surface area (Å²) in [4.78, 5) is 16.0. The van der Waals surface area contributed by atoms with Crippen LogP contribution in [-0.4, -0.2) is 10.8 Å². The van der Waals surface area contributed by atoms with Crippen LogP contribution in [0.4, 0.5) is 0 Å². The van der Waals surface area contributed by atoms with Gasteiger partial charge in [-0.15, -0.1) is 0 Å². The van der Waals surface area contributed by atoms with E-state index in [9.17, 15) is 4.79 Å². The third-order valence-corrected chi connectivity index (χ3v) is 3.36. The molecule has 2 aromatic rings. The van der Waals surface area contributed by atoms with Crippen LogP contribution in [0.5, 0.6) is 0 Å². The molecular formula is C15H15NO. The van der Waals surface area contributed by atoms with Gasteiger partial charge < -0.3 is 0 Å². The molecule has 1 saturated carbocycles. The van der Waals surface area contributed by atoms with Gasteiger partial charge in [0.15, 0.2) is 0 Å². The van der Waals surface area contributed by atoms with Gasteiger partial charge in [-0.2, -0.15) is 0 Å². The largest absolute Gasteiger partial charge is 0.299 e. The number of Topliss-reactive ketones (excluding diaryl/α,β-unsaturated/α-hetero) is 1. The molecule has 0 spiro atoms. The number of carbonyl (C=O) groups excluding carboxylic acids is 1. The van der Waals surface area contributed by atoms with Crippen LogP contribution >= 0.6 is 0 Å². The van der Waals surface area contributed by atoms with Gasteiger partial charge in [0, 0.05) is 23.9 Å². The summed E-state index contributed by atoms with van der Waals surface area (Å²) in [7, 11) is 0. The van der Waals surface area contributed by atoms with Crippen LogP contribution in [0, 0.1) is 5.92 Å². The fourth-order valence-corrected chi connectivity index (χ4v) is 2.14. The van der Waals surface area contributed by atoms with Gasteiger partial charge in [-0.25, -0.2) is 0 Å². The predicted molar refractivity (Wildman–Crippen MR) is 67.8 cm³/mol. The lowest BCUT2D eigenvalue weighted by Crippen LogP contribution is -2.02. The molecule has 1 fully saturated rings. The maximum atomic E-state index is 11.6. The van der Waals surface area contributed by atoms with E-state index in [2.05, 4.69) is 29.2 Å². The molecule has 1 heterocycles. The molecule has 0 saturated heterocycles. The lowest BCUT2D eigenvalue weighted by atomic mass is 10.0. The minimum absolute atomic E-state index is 0.383. The van der Waals surface area contributed by atoms with Gasteiger partial charge in [0.1, 0.15) is 5.78 Å². The molecule has 2 nitrogen and oxygen atoms in total. The van der Waals surface area contributed by atoms with Crippen molar-refractivity contribution in [3.8, 4) is 0 Å². The molecule has 1 aliphatic rings. The number of aryl methyl sites for hydroxylation is 1. The van der Waals surface area contributed by atoms with Gasteiger partial charge in [-0.1, -0.05) is 18.2 Å². The van der Waals surface area contributed by atoms with E-state index in [1.807, 2.05) is 12.3 Å². The number of aromatic nitrogens is 1. The smallest absolute Gasteiger partial charge is 0.136 e. The number of pyridine rings is 1. The highest BCUT2D eigenvalue weighted by Gasteiger charge is 2.28. The van der Waals surface area contributed by atoms with E-state index in [4.69, 9.17) is 0 Å². The maximum Gasteiger partial charge on any atom is 0.136 e. The van der Waals surface area contributed by atoms with E-state index >= 15 is 0 Å². The van der Waals surface area contributed by atoms with E-state index < -0.39 is 0 Å². The second-order valence-electron chi connectivity index (χ2n) is 4.77. The molecule has 86 valence electrons. The fraction of sp³-hybridized carbons (Fsp3) is 0.333. The molecule has 0 N–H and O–H groups in total. The topological polar surface area (TPSA) is 30.0 Å².